The normalized spacial score (nSPS) is 15.8. The number of carbonyl (C=O) groups excluding carboxylic acids is 2. The standard InChI is InChI=1S/C19H17BrN2O2/c1-13(23)22-11-10-14-4-2-3-5-17(14)18(22)12-19(24)21-16-8-6-15(20)7-9-16/h2-11,18H,12H2,1H3,(H,21,24)/t18-/m1/s1. The maximum Gasteiger partial charge on any atom is 0.226 e. The van der Waals surface area contributed by atoms with E-state index in [1.807, 2.05) is 54.6 Å². The second-order valence-electron chi connectivity index (χ2n) is 5.65. The Kier molecular flexibility index (Phi) is 4.81. The first kappa shape index (κ1) is 16.5. The smallest absolute Gasteiger partial charge is 0.226 e. The average Bonchev–Trinajstić information content (AvgIpc) is 2.57. The van der Waals surface area contributed by atoms with Crippen molar-refractivity contribution in [2.75, 3.05) is 5.32 Å². The summed E-state index contributed by atoms with van der Waals surface area (Å²) in [4.78, 5) is 26.0. The highest BCUT2D eigenvalue weighted by Gasteiger charge is 2.28. The highest BCUT2D eigenvalue weighted by Crippen LogP contribution is 2.33. The zero-order chi connectivity index (χ0) is 17.1. The van der Waals surface area contributed by atoms with Gasteiger partial charge in [-0.2, -0.15) is 0 Å². The van der Waals surface area contributed by atoms with Crippen LogP contribution in [-0.2, 0) is 9.59 Å². The van der Waals surface area contributed by atoms with Crippen LogP contribution < -0.4 is 5.32 Å². The molecule has 1 aliphatic rings. The number of fused-ring (bicyclic) bond motifs is 1. The van der Waals surface area contributed by atoms with E-state index in [0.717, 1.165) is 21.3 Å². The van der Waals surface area contributed by atoms with E-state index in [0.29, 0.717) is 0 Å². The third-order valence-corrected chi connectivity index (χ3v) is 4.50. The molecule has 1 heterocycles. The number of amides is 2. The fraction of sp³-hybridized carbons (Fsp3) is 0.158. The van der Waals surface area contributed by atoms with Crippen LogP contribution in [0.1, 0.15) is 30.5 Å². The molecule has 0 bridgehead atoms. The number of nitrogens with zero attached hydrogens (tertiary/aromatic N) is 1. The number of anilines is 1. The lowest BCUT2D eigenvalue weighted by Crippen LogP contribution is -2.33. The lowest BCUT2D eigenvalue weighted by molar-refractivity contribution is -0.129. The van der Waals surface area contributed by atoms with Gasteiger partial charge in [-0.3, -0.25) is 9.59 Å². The molecular weight excluding hydrogens is 368 g/mol. The van der Waals surface area contributed by atoms with Crippen LogP contribution in [-0.4, -0.2) is 16.7 Å². The van der Waals surface area contributed by atoms with Gasteiger partial charge in [0.05, 0.1) is 12.5 Å². The van der Waals surface area contributed by atoms with Crippen LogP contribution in [0.2, 0.25) is 0 Å². The lowest BCUT2D eigenvalue weighted by Gasteiger charge is -2.32. The fourth-order valence-electron chi connectivity index (χ4n) is 2.83. The third kappa shape index (κ3) is 3.57. The molecule has 4 nitrogen and oxygen atoms in total. The number of carbonyl (C=O) groups is 2. The summed E-state index contributed by atoms with van der Waals surface area (Å²) in [5.74, 6) is -0.208. The van der Waals surface area contributed by atoms with Crippen LogP contribution in [0.3, 0.4) is 0 Å². The summed E-state index contributed by atoms with van der Waals surface area (Å²) >= 11 is 3.37. The zero-order valence-electron chi connectivity index (χ0n) is 13.2. The molecule has 2 amide bonds. The Morgan fingerprint density at radius 2 is 1.83 bits per heavy atom. The fourth-order valence-corrected chi connectivity index (χ4v) is 3.10. The maximum atomic E-state index is 12.5. The SMILES string of the molecule is CC(=O)N1C=Cc2ccccc2[C@H]1CC(=O)Nc1ccc(Br)cc1. The summed E-state index contributed by atoms with van der Waals surface area (Å²) in [6.07, 6.45) is 3.86. The van der Waals surface area contributed by atoms with Gasteiger partial charge in [-0.25, -0.2) is 0 Å². The summed E-state index contributed by atoms with van der Waals surface area (Å²) in [7, 11) is 0. The van der Waals surface area contributed by atoms with E-state index in [9.17, 15) is 9.59 Å². The van der Waals surface area contributed by atoms with Gasteiger partial charge in [-0.1, -0.05) is 40.2 Å². The van der Waals surface area contributed by atoms with Crippen molar-refractivity contribution in [3.8, 4) is 0 Å². The number of nitrogens with one attached hydrogen (secondary N) is 1. The van der Waals surface area contributed by atoms with Gasteiger partial charge in [0, 0.05) is 23.3 Å². The first-order valence-electron chi connectivity index (χ1n) is 7.66. The van der Waals surface area contributed by atoms with Gasteiger partial charge < -0.3 is 10.2 Å². The predicted octanol–water partition coefficient (Wildman–Crippen LogP) is 4.35. The summed E-state index contributed by atoms with van der Waals surface area (Å²) in [5.41, 5.74) is 2.76. The molecule has 5 heteroatoms. The monoisotopic (exact) mass is 384 g/mol. The predicted molar refractivity (Wildman–Crippen MR) is 98.1 cm³/mol. The van der Waals surface area contributed by atoms with Crippen molar-refractivity contribution >= 4 is 39.5 Å². The summed E-state index contributed by atoms with van der Waals surface area (Å²) in [5, 5.41) is 2.88. The first-order valence-corrected chi connectivity index (χ1v) is 8.45. The minimum Gasteiger partial charge on any atom is -0.326 e. The Balaban J connectivity index is 1.80. The van der Waals surface area contributed by atoms with E-state index in [1.165, 1.54) is 6.92 Å². The van der Waals surface area contributed by atoms with E-state index in [2.05, 4.69) is 21.2 Å². The van der Waals surface area contributed by atoms with E-state index >= 15 is 0 Å². The second-order valence-corrected chi connectivity index (χ2v) is 6.56. The Morgan fingerprint density at radius 1 is 1.12 bits per heavy atom. The van der Waals surface area contributed by atoms with Crippen LogP contribution in [0.5, 0.6) is 0 Å². The molecular formula is C19H17BrN2O2. The summed E-state index contributed by atoms with van der Waals surface area (Å²) in [6, 6.07) is 14.9. The molecule has 0 saturated carbocycles. The first-order chi connectivity index (χ1) is 11.5. The van der Waals surface area contributed by atoms with Gasteiger partial charge in [0.1, 0.15) is 0 Å². The molecule has 0 aromatic heterocycles. The molecule has 1 atom stereocenters. The number of rotatable bonds is 3. The maximum absolute atomic E-state index is 12.5. The summed E-state index contributed by atoms with van der Waals surface area (Å²) < 4.78 is 0.953. The topological polar surface area (TPSA) is 49.4 Å². The molecule has 2 aromatic rings. The van der Waals surface area contributed by atoms with Crippen LogP contribution >= 0.6 is 15.9 Å². The van der Waals surface area contributed by atoms with Crippen molar-refractivity contribution in [2.45, 2.75) is 19.4 Å². The number of hydrogen-bond donors (Lipinski definition) is 1. The van der Waals surface area contributed by atoms with E-state index in [-0.39, 0.29) is 24.3 Å². The van der Waals surface area contributed by atoms with E-state index in [4.69, 9.17) is 0 Å². The van der Waals surface area contributed by atoms with Crippen molar-refractivity contribution < 1.29 is 9.59 Å². The molecule has 1 aliphatic heterocycles. The van der Waals surface area contributed by atoms with E-state index < -0.39 is 0 Å². The lowest BCUT2D eigenvalue weighted by atomic mass is 9.93. The Morgan fingerprint density at radius 3 is 2.54 bits per heavy atom. The van der Waals surface area contributed by atoms with Crippen LogP contribution in [0.4, 0.5) is 5.69 Å². The largest absolute Gasteiger partial charge is 0.326 e. The molecule has 0 aliphatic carbocycles. The molecule has 3 rings (SSSR count). The number of benzene rings is 2. The van der Waals surface area contributed by atoms with Crippen molar-refractivity contribution in [3.63, 3.8) is 0 Å². The molecule has 0 radical (unpaired) electrons. The van der Waals surface area contributed by atoms with Gasteiger partial charge in [-0.15, -0.1) is 0 Å². The molecule has 0 spiro atoms. The van der Waals surface area contributed by atoms with Gasteiger partial charge >= 0.3 is 0 Å². The van der Waals surface area contributed by atoms with Gasteiger partial charge in [0.2, 0.25) is 11.8 Å². The molecule has 0 saturated heterocycles. The highest BCUT2D eigenvalue weighted by molar-refractivity contribution is 9.10. The molecule has 2 aromatic carbocycles. The third-order valence-electron chi connectivity index (χ3n) is 3.98. The summed E-state index contributed by atoms with van der Waals surface area (Å²) in [6.45, 7) is 1.51. The molecule has 0 unspecified atom stereocenters. The molecule has 1 N–H and O–H groups in total. The van der Waals surface area contributed by atoms with Crippen molar-refractivity contribution in [1.82, 2.24) is 4.90 Å². The van der Waals surface area contributed by atoms with E-state index in [1.54, 1.807) is 11.1 Å². The quantitative estimate of drug-likeness (QED) is 0.854. The highest BCUT2D eigenvalue weighted by atomic mass is 79.9. The van der Waals surface area contributed by atoms with Gasteiger partial charge in [-0.05, 0) is 41.5 Å². The Labute approximate surface area is 149 Å². The van der Waals surface area contributed by atoms with Crippen LogP contribution in [0, 0.1) is 0 Å². The Hall–Kier alpha value is -2.40. The zero-order valence-corrected chi connectivity index (χ0v) is 14.8. The van der Waals surface area contributed by atoms with Crippen molar-refractivity contribution in [1.29, 1.82) is 0 Å². The average molecular weight is 385 g/mol. The number of hydrogen-bond acceptors (Lipinski definition) is 2. The van der Waals surface area contributed by atoms with Crippen LogP contribution in [0.25, 0.3) is 6.08 Å². The number of halogens is 1. The molecule has 24 heavy (non-hydrogen) atoms. The Bertz CT molecular complexity index is 799. The van der Waals surface area contributed by atoms with Gasteiger partial charge in [0.15, 0.2) is 0 Å². The second kappa shape index (κ2) is 7.01. The van der Waals surface area contributed by atoms with Gasteiger partial charge in [0.25, 0.3) is 0 Å². The minimum atomic E-state index is -0.292. The van der Waals surface area contributed by atoms with Crippen molar-refractivity contribution in [3.05, 3.63) is 70.3 Å². The van der Waals surface area contributed by atoms with Crippen LogP contribution in [0.15, 0.2) is 59.2 Å². The molecule has 122 valence electrons. The molecule has 0 fully saturated rings. The minimum absolute atomic E-state index is 0.0813. The van der Waals surface area contributed by atoms with Crippen molar-refractivity contribution in [2.24, 2.45) is 0 Å².